The molecule has 2 N–H and O–H groups in total. The van der Waals surface area contributed by atoms with Crippen LogP contribution >= 0.6 is 0 Å². The number of fused-ring (bicyclic) bond motifs is 3. The SMILES string of the molecule is CN(OCC(=O)O)C(=O)c1ccccc1NC(=O)OCC1c2ccccc2-c2ccccc21. The van der Waals surface area contributed by atoms with Crippen molar-refractivity contribution in [3.05, 3.63) is 89.5 Å². The molecule has 0 saturated heterocycles. The number of ether oxygens (including phenoxy) is 1. The normalized spacial score (nSPS) is 11.9. The minimum atomic E-state index is -1.21. The highest BCUT2D eigenvalue weighted by molar-refractivity contribution is 6.02. The van der Waals surface area contributed by atoms with Crippen molar-refractivity contribution in [2.75, 3.05) is 25.6 Å². The van der Waals surface area contributed by atoms with Gasteiger partial charge in [0.2, 0.25) is 0 Å². The summed E-state index contributed by atoms with van der Waals surface area (Å²) in [6, 6.07) is 22.4. The van der Waals surface area contributed by atoms with Crippen molar-refractivity contribution in [3.8, 4) is 11.1 Å². The van der Waals surface area contributed by atoms with E-state index in [9.17, 15) is 14.4 Å². The molecule has 0 radical (unpaired) electrons. The van der Waals surface area contributed by atoms with E-state index in [-0.39, 0.29) is 23.8 Å². The van der Waals surface area contributed by atoms with E-state index < -0.39 is 24.6 Å². The standard InChI is InChI=1S/C25H22N2O6/c1-27(33-15-23(28)29)24(30)20-12-6-7-13-22(20)26-25(31)32-14-21-18-10-4-2-8-16(18)17-9-3-5-11-19(17)21/h2-13,21H,14-15H2,1H3,(H,26,31)(H,28,29). The maximum atomic E-state index is 12.6. The number of hydroxylamine groups is 2. The quantitative estimate of drug-likeness (QED) is 0.529. The zero-order valence-electron chi connectivity index (χ0n) is 17.9. The van der Waals surface area contributed by atoms with Crippen LogP contribution in [0.25, 0.3) is 11.1 Å². The molecule has 0 aromatic heterocycles. The van der Waals surface area contributed by atoms with Gasteiger partial charge in [0.15, 0.2) is 6.61 Å². The van der Waals surface area contributed by atoms with Crippen LogP contribution in [-0.2, 0) is 14.4 Å². The van der Waals surface area contributed by atoms with Gasteiger partial charge in [0, 0.05) is 13.0 Å². The Morgan fingerprint density at radius 1 is 0.909 bits per heavy atom. The number of carbonyl (C=O) groups excluding carboxylic acids is 2. The number of nitrogens with one attached hydrogen (secondary N) is 1. The number of nitrogens with zero attached hydrogens (tertiary/aromatic N) is 1. The van der Waals surface area contributed by atoms with Crippen LogP contribution in [0.5, 0.6) is 0 Å². The molecule has 3 aromatic rings. The van der Waals surface area contributed by atoms with Crippen molar-refractivity contribution in [2.45, 2.75) is 5.92 Å². The number of hydrogen-bond acceptors (Lipinski definition) is 5. The second-order valence-corrected chi connectivity index (χ2v) is 7.47. The fourth-order valence-corrected chi connectivity index (χ4v) is 3.90. The van der Waals surface area contributed by atoms with Crippen molar-refractivity contribution >= 4 is 23.7 Å². The van der Waals surface area contributed by atoms with Crippen LogP contribution in [0.15, 0.2) is 72.8 Å². The molecule has 0 unspecified atom stereocenters. The van der Waals surface area contributed by atoms with E-state index in [0.29, 0.717) is 0 Å². The van der Waals surface area contributed by atoms with E-state index in [0.717, 1.165) is 27.3 Å². The molecule has 0 fully saturated rings. The number of aliphatic carboxylic acids is 1. The topological polar surface area (TPSA) is 105 Å². The highest BCUT2D eigenvalue weighted by Gasteiger charge is 2.29. The Kier molecular flexibility index (Phi) is 6.37. The van der Waals surface area contributed by atoms with Gasteiger partial charge in [-0.3, -0.25) is 14.9 Å². The number of amides is 2. The Balaban J connectivity index is 1.44. The van der Waals surface area contributed by atoms with Gasteiger partial charge in [-0.05, 0) is 34.4 Å². The smallest absolute Gasteiger partial charge is 0.411 e. The van der Waals surface area contributed by atoms with Crippen LogP contribution in [0.1, 0.15) is 27.4 Å². The number of hydrogen-bond donors (Lipinski definition) is 2. The van der Waals surface area contributed by atoms with Gasteiger partial charge in [0.1, 0.15) is 6.61 Å². The van der Waals surface area contributed by atoms with Crippen LogP contribution in [0.4, 0.5) is 10.5 Å². The number of para-hydroxylation sites is 1. The molecule has 168 valence electrons. The Labute approximate surface area is 190 Å². The Morgan fingerprint density at radius 2 is 1.48 bits per heavy atom. The van der Waals surface area contributed by atoms with Crippen molar-refractivity contribution in [2.24, 2.45) is 0 Å². The summed E-state index contributed by atoms with van der Waals surface area (Å²) in [6.45, 7) is -0.526. The van der Waals surface area contributed by atoms with Gasteiger partial charge < -0.3 is 9.84 Å². The van der Waals surface area contributed by atoms with Gasteiger partial charge in [-0.1, -0.05) is 60.7 Å². The first-order valence-corrected chi connectivity index (χ1v) is 10.3. The molecule has 0 saturated carbocycles. The predicted molar refractivity (Wildman–Crippen MR) is 121 cm³/mol. The number of benzene rings is 3. The Morgan fingerprint density at radius 3 is 2.12 bits per heavy atom. The van der Waals surface area contributed by atoms with Crippen LogP contribution in [0, 0.1) is 0 Å². The second-order valence-electron chi connectivity index (χ2n) is 7.47. The highest BCUT2D eigenvalue weighted by Crippen LogP contribution is 2.44. The molecule has 8 nitrogen and oxygen atoms in total. The number of rotatable bonds is 7. The summed E-state index contributed by atoms with van der Waals surface area (Å²) in [6.07, 6.45) is -0.703. The minimum Gasteiger partial charge on any atom is -0.479 e. The molecule has 4 rings (SSSR count). The van der Waals surface area contributed by atoms with Gasteiger partial charge >= 0.3 is 12.1 Å². The molecule has 2 amide bonds. The number of carboxylic acid groups (broad SMARTS) is 1. The summed E-state index contributed by atoms with van der Waals surface area (Å²) in [4.78, 5) is 40.8. The van der Waals surface area contributed by atoms with Gasteiger partial charge in [-0.15, -0.1) is 0 Å². The lowest BCUT2D eigenvalue weighted by Crippen LogP contribution is -2.30. The second kappa shape index (κ2) is 9.54. The van der Waals surface area contributed by atoms with Gasteiger partial charge in [0.05, 0.1) is 11.3 Å². The molecule has 0 bridgehead atoms. The maximum Gasteiger partial charge on any atom is 0.411 e. The van der Waals surface area contributed by atoms with Crippen LogP contribution in [0.3, 0.4) is 0 Å². The van der Waals surface area contributed by atoms with Gasteiger partial charge in [0.25, 0.3) is 5.91 Å². The summed E-state index contributed by atoms with van der Waals surface area (Å²) < 4.78 is 5.53. The lowest BCUT2D eigenvalue weighted by molar-refractivity contribution is -0.159. The average molecular weight is 446 g/mol. The molecule has 0 atom stereocenters. The van der Waals surface area contributed by atoms with Gasteiger partial charge in [-0.25, -0.2) is 14.7 Å². The van der Waals surface area contributed by atoms with Crippen LogP contribution in [0.2, 0.25) is 0 Å². The monoisotopic (exact) mass is 446 g/mol. The first kappa shape index (κ1) is 22.0. The van der Waals surface area contributed by atoms with Crippen molar-refractivity contribution in [3.63, 3.8) is 0 Å². The molecule has 0 spiro atoms. The molecule has 1 aliphatic rings. The lowest BCUT2D eigenvalue weighted by atomic mass is 9.98. The maximum absolute atomic E-state index is 12.6. The molecule has 8 heteroatoms. The largest absolute Gasteiger partial charge is 0.479 e. The molecular formula is C25H22N2O6. The van der Waals surface area contributed by atoms with Crippen molar-refractivity contribution in [1.29, 1.82) is 0 Å². The molecular weight excluding hydrogens is 424 g/mol. The summed E-state index contributed by atoms with van der Waals surface area (Å²) in [5.41, 5.74) is 4.81. The lowest BCUT2D eigenvalue weighted by Gasteiger charge is -2.18. The predicted octanol–water partition coefficient (Wildman–Crippen LogP) is 4.14. The first-order chi connectivity index (χ1) is 16.0. The van der Waals surface area contributed by atoms with E-state index in [1.165, 1.54) is 13.1 Å². The molecule has 33 heavy (non-hydrogen) atoms. The van der Waals surface area contributed by atoms with E-state index in [1.807, 2.05) is 36.4 Å². The Bertz CT molecular complexity index is 1160. The number of anilines is 1. The third-order valence-corrected chi connectivity index (χ3v) is 5.41. The first-order valence-electron chi connectivity index (χ1n) is 10.3. The van der Waals surface area contributed by atoms with Crippen LogP contribution in [-0.4, -0.2) is 48.4 Å². The van der Waals surface area contributed by atoms with E-state index >= 15 is 0 Å². The minimum absolute atomic E-state index is 0.0874. The molecule has 3 aromatic carbocycles. The summed E-state index contributed by atoms with van der Waals surface area (Å²) in [5.74, 6) is -1.90. The van der Waals surface area contributed by atoms with E-state index in [1.54, 1.807) is 18.2 Å². The average Bonchev–Trinajstić information content (AvgIpc) is 3.15. The highest BCUT2D eigenvalue weighted by atomic mass is 16.7. The van der Waals surface area contributed by atoms with E-state index in [2.05, 4.69) is 17.4 Å². The fraction of sp³-hybridized carbons (Fsp3) is 0.160. The molecule has 1 aliphatic carbocycles. The zero-order chi connectivity index (χ0) is 23.4. The van der Waals surface area contributed by atoms with Crippen molar-refractivity contribution < 1.29 is 29.1 Å². The van der Waals surface area contributed by atoms with Crippen LogP contribution < -0.4 is 5.32 Å². The number of carbonyl (C=O) groups is 3. The summed E-state index contributed by atoms with van der Waals surface area (Å²) >= 11 is 0. The third kappa shape index (κ3) is 4.70. The number of carboxylic acids is 1. The molecule has 0 heterocycles. The third-order valence-electron chi connectivity index (χ3n) is 5.41. The van der Waals surface area contributed by atoms with Crippen molar-refractivity contribution in [1.82, 2.24) is 5.06 Å². The molecule has 0 aliphatic heterocycles. The summed E-state index contributed by atoms with van der Waals surface area (Å²) in [5, 5.41) is 12.1. The Hall–Kier alpha value is -4.17. The van der Waals surface area contributed by atoms with Gasteiger partial charge in [-0.2, -0.15) is 0 Å². The zero-order valence-corrected chi connectivity index (χ0v) is 17.9. The van der Waals surface area contributed by atoms with E-state index in [4.69, 9.17) is 14.7 Å². The summed E-state index contributed by atoms with van der Waals surface area (Å²) in [7, 11) is 1.30. The fourth-order valence-electron chi connectivity index (χ4n) is 3.90.